The van der Waals surface area contributed by atoms with Crippen molar-refractivity contribution in [1.29, 1.82) is 0 Å². The van der Waals surface area contributed by atoms with Crippen molar-refractivity contribution in [2.75, 3.05) is 6.61 Å². The van der Waals surface area contributed by atoms with Gasteiger partial charge in [-0.1, -0.05) is 58.0 Å². The Labute approximate surface area is 172 Å². The number of carbonyl (C=O) groups excluding carboxylic acids is 3. The molecule has 0 aliphatic carbocycles. The minimum absolute atomic E-state index is 0.0208. The van der Waals surface area contributed by atoms with E-state index in [2.05, 4.69) is 5.32 Å². The maximum Gasteiger partial charge on any atom is 0.417 e. The molecule has 29 heavy (non-hydrogen) atoms. The first-order valence-electron chi connectivity index (χ1n) is 9.89. The van der Waals surface area contributed by atoms with Gasteiger partial charge in [-0.05, 0) is 32.3 Å². The van der Waals surface area contributed by atoms with Gasteiger partial charge in [-0.2, -0.15) is 0 Å². The van der Waals surface area contributed by atoms with Gasteiger partial charge in [0.15, 0.2) is 0 Å². The Balaban J connectivity index is 2.42. The van der Waals surface area contributed by atoms with Crippen LogP contribution in [0.4, 0.5) is 9.59 Å². The van der Waals surface area contributed by atoms with E-state index in [-0.39, 0.29) is 18.6 Å². The van der Waals surface area contributed by atoms with Gasteiger partial charge in [0.2, 0.25) is 0 Å². The van der Waals surface area contributed by atoms with E-state index in [1.807, 2.05) is 58.0 Å². The Kier molecular flexibility index (Phi) is 6.60. The van der Waals surface area contributed by atoms with Gasteiger partial charge in [-0.25, -0.2) is 14.5 Å². The van der Waals surface area contributed by atoms with Crippen LogP contribution in [-0.2, 0) is 19.7 Å². The Morgan fingerprint density at radius 1 is 1.14 bits per heavy atom. The molecule has 1 heterocycles. The highest BCUT2D eigenvalue weighted by Gasteiger charge is 2.47. The fourth-order valence-corrected chi connectivity index (χ4v) is 3.33. The maximum atomic E-state index is 13.5. The van der Waals surface area contributed by atoms with Gasteiger partial charge in [0.1, 0.15) is 18.2 Å². The van der Waals surface area contributed by atoms with Crippen molar-refractivity contribution in [2.45, 2.75) is 71.6 Å². The molecule has 1 saturated heterocycles. The van der Waals surface area contributed by atoms with Gasteiger partial charge in [-0.3, -0.25) is 4.79 Å². The van der Waals surface area contributed by atoms with Crippen molar-refractivity contribution >= 4 is 18.1 Å². The molecule has 1 aromatic rings. The normalized spacial score (nSPS) is 18.4. The first-order valence-corrected chi connectivity index (χ1v) is 9.89. The zero-order chi connectivity index (χ0) is 22.0. The molecule has 0 aromatic heterocycles. The largest absolute Gasteiger partial charge is 0.447 e. The van der Waals surface area contributed by atoms with Crippen molar-refractivity contribution in [3.63, 3.8) is 0 Å². The number of carbonyl (C=O) groups is 3. The highest BCUT2D eigenvalue weighted by molar-refractivity contribution is 5.98. The Bertz CT molecular complexity index is 752. The molecule has 0 saturated carbocycles. The lowest BCUT2D eigenvalue weighted by Gasteiger charge is -2.37. The third-order valence-corrected chi connectivity index (χ3v) is 5.06. The second kappa shape index (κ2) is 8.43. The Morgan fingerprint density at radius 3 is 2.24 bits per heavy atom. The Hall–Kier alpha value is -2.57. The molecule has 7 heteroatoms. The van der Waals surface area contributed by atoms with Crippen LogP contribution >= 0.6 is 0 Å². The highest BCUT2D eigenvalue weighted by Crippen LogP contribution is 2.31. The summed E-state index contributed by atoms with van der Waals surface area (Å²) in [5, 5.41) is 2.71. The van der Waals surface area contributed by atoms with E-state index >= 15 is 0 Å². The molecule has 3 amide bonds. The van der Waals surface area contributed by atoms with Gasteiger partial charge < -0.3 is 14.8 Å². The average molecular weight is 405 g/mol. The van der Waals surface area contributed by atoms with Gasteiger partial charge in [0, 0.05) is 5.41 Å². The zero-order valence-electron chi connectivity index (χ0n) is 18.3. The summed E-state index contributed by atoms with van der Waals surface area (Å²) in [5.41, 5.74) is -0.676. The summed E-state index contributed by atoms with van der Waals surface area (Å²) in [6.45, 7) is 12.9. The fraction of sp³-hybridized carbons (Fsp3) is 0.591. The lowest BCUT2D eigenvalue weighted by atomic mass is 9.77. The quantitative estimate of drug-likeness (QED) is 0.805. The van der Waals surface area contributed by atoms with Crippen molar-refractivity contribution in [3.05, 3.63) is 35.9 Å². The topological polar surface area (TPSA) is 84.9 Å². The summed E-state index contributed by atoms with van der Waals surface area (Å²) in [5.74, 6) is -0.488. The van der Waals surface area contributed by atoms with Crippen molar-refractivity contribution in [2.24, 2.45) is 5.92 Å². The van der Waals surface area contributed by atoms with E-state index < -0.39 is 35.2 Å². The van der Waals surface area contributed by atoms with E-state index in [9.17, 15) is 14.4 Å². The summed E-state index contributed by atoms with van der Waals surface area (Å²) < 4.78 is 10.5. The molecule has 7 nitrogen and oxygen atoms in total. The molecule has 1 aromatic carbocycles. The lowest BCUT2D eigenvalue weighted by molar-refractivity contribution is -0.133. The van der Waals surface area contributed by atoms with Crippen LogP contribution in [0.5, 0.6) is 0 Å². The SMILES string of the molecule is CC(C)[C@H]1COC(=O)N1C(=O)C(NC(=O)OC(C)(C)C)C(C)(C)c1ccccc1. The zero-order valence-corrected chi connectivity index (χ0v) is 18.3. The van der Waals surface area contributed by atoms with Crippen LogP contribution in [0.2, 0.25) is 0 Å². The number of hydrogen-bond acceptors (Lipinski definition) is 5. The van der Waals surface area contributed by atoms with E-state index in [0.29, 0.717) is 0 Å². The third kappa shape index (κ3) is 5.28. The maximum absolute atomic E-state index is 13.5. The summed E-state index contributed by atoms with van der Waals surface area (Å²) in [4.78, 5) is 39.6. The predicted molar refractivity (Wildman–Crippen MR) is 109 cm³/mol. The molecule has 0 radical (unpaired) electrons. The molecule has 0 spiro atoms. The number of imide groups is 1. The first kappa shape index (κ1) is 22.7. The minimum atomic E-state index is -1.02. The van der Waals surface area contributed by atoms with Crippen molar-refractivity contribution in [3.8, 4) is 0 Å². The summed E-state index contributed by atoms with van der Waals surface area (Å²) in [6.07, 6.45) is -1.40. The second-order valence-electron chi connectivity index (χ2n) is 9.26. The lowest BCUT2D eigenvalue weighted by Crippen LogP contribution is -2.59. The number of nitrogens with one attached hydrogen (secondary N) is 1. The summed E-state index contributed by atoms with van der Waals surface area (Å²) in [7, 11) is 0. The number of hydrogen-bond donors (Lipinski definition) is 1. The van der Waals surface area contributed by atoms with Crippen LogP contribution in [0.25, 0.3) is 0 Å². The van der Waals surface area contributed by atoms with E-state index in [1.54, 1.807) is 20.8 Å². The standard InChI is InChI=1S/C22H32N2O5/c1-14(2)16-13-28-20(27)24(16)18(25)17(23-19(26)29-21(3,4)5)22(6,7)15-11-9-8-10-12-15/h8-12,14,16-17H,13H2,1-7H3,(H,23,26)/t16-,17?/m1/s1. The molecule has 160 valence electrons. The molecule has 1 aliphatic rings. The van der Waals surface area contributed by atoms with Gasteiger partial charge in [0.25, 0.3) is 5.91 Å². The van der Waals surface area contributed by atoms with Gasteiger partial charge in [0.05, 0.1) is 6.04 Å². The number of nitrogens with zero attached hydrogens (tertiary/aromatic N) is 1. The molecule has 1 fully saturated rings. The number of alkyl carbamates (subject to hydrolysis) is 1. The van der Waals surface area contributed by atoms with Crippen LogP contribution in [0.1, 0.15) is 54.0 Å². The van der Waals surface area contributed by atoms with Gasteiger partial charge >= 0.3 is 12.2 Å². The molecular weight excluding hydrogens is 372 g/mol. The molecule has 2 atom stereocenters. The smallest absolute Gasteiger partial charge is 0.417 e. The second-order valence-corrected chi connectivity index (χ2v) is 9.26. The van der Waals surface area contributed by atoms with Gasteiger partial charge in [-0.15, -0.1) is 0 Å². The molecule has 1 N–H and O–H groups in total. The minimum Gasteiger partial charge on any atom is -0.447 e. The third-order valence-electron chi connectivity index (χ3n) is 5.06. The molecule has 1 aliphatic heterocycles. The van der Waals surface area contributed by atoms with E-state index in [0.717, 1.165) is 10.5 Å². The number of rotatable bonds is 5. The average Bonchev–Trinajstić information content (AvgIpc) is 3.00. The van der Waals surface area contributed by atoms with Crippen LogP contribution in [0.3, 0.4) is 0 Å². The van der Waals surface area contributed by atoms with Crippen LogP contribution < -0.4 is 5.32 Å². The summed E-state index contributed by atoms with van der Waals surface area (Å²) in [6, 6.07) is 7.99. The molecule has 2 rings (SSSR count). The van der Waals surface area contributed by atoms with Crippen LogP contribution in [0, 0.1) is 5.92 Å². The number of benzene rings is 1. The predicted octanol–water partition coefficient (Wildman–Crippen LogP) is 3.86. The fourth-order valence-electron chi connectivity index (χ4n) is 3.33. The highest BCUT2D eigenvalue weighted by atomic mass is 16.6. The Morgan fingerprint density at radius 2 is 1.72 bits per heavy atom. The van der Waals surface area contributed by atoms with Crippen LogP contribution in [0.15, 0.2) is 30.3 Å². The van der Waals surface area contributed by atoms with E-state index in [1.165, 1.54) is 0 Å². The number of cyclic esters (lactones) is 1. The monoisotopic (exact) mass is 404 g/mol. The molecule has 0 bridgehead atoms. The molecular formula is C22H32N2O5. The van der Waals surface area contributed by atoms with Crippen LogP contribution in [-0.4, -0.2) is 47.3 Å². The van der Waals surface area contributed by atoms with E-state index in [4.69, 9.17) is 9.47 Å². The first-order chi connectivity index (χ1) is 13.3. The number of ether oxygens (including phenoxy) is 2. The van der Waals surface area contributed by atoms with Crippen molar-refractivity contribution in [1.82, 2.24) is 10.2 Å². The molecule has 1 unspecified atom stereocenters. The van der Waals surface area contributed by atoms with Crippen molar-refractivity contribution < 1.29 is 23.9 Å². The number of amides is 3. The summed E-state index contributed by atoms with van der Waals surface area (Å²) >= 11 is 0.